The number of rotatable bonds is 5. The Balaban J connectivity index is 1.61. The zero-order chi connectivity index (χ0) is 16.9. The first-order chi connectivity index (χ1) is 11.6. The fourth-order valence-corrected chi connectivity index (χ4v) is 3.63. The minimum absolute atomic E-state index is 0.0665. The molecule has 2 fully saturated rings. The van der Waals surface area contributed by atoms with Crippen LogP contribution < -0.4 is 10.2 Å². The molecule has 3 rings (SSSR count). The van der Waals surface area contributed by atoms with E-state index >= 15 is 0 Å². The van der Waals surface area contributed by atoms with Crippen LogP contribution in [0.2, 0.25) is 5.02 Å². The Morgan fingerprint density at radius 3 is 2.58 bits per heavy atom. The van der Waals surface area contributed by atoms with Gasteiger partial charge in [0.25, 0.3) is 5.91 Å². The Morgan fingerprint density at radius 1 is 1.21 bits per heavy atom. The van der Waals surface area contributed by atoms with Crippen molar-refractivity contribution in [2.75, 3.05) is 37.6 Å². The molecule has 1 amide bonds. The van der Waals surface area contributed by atoms with Crippen molar-refractivity contribution in [2.24, 2.45) is 0 Å². The number of halogens is 1. The molecule has 3 heterocycles. The third kappa shape index (κ3) is 4.36. The molecule has 1 unspecified atom stereocenters. The summed E-state index contributed by atoms with van der Waals surface area (Å²) in [5.41, 5.74) is 0.277. The molecule has 1 N–H and O–H groups in total. The number of likely N-dealkylation sites (tertiary alicyclic amines) is 1. The molecule has 0 radical (unpaired) electrons. The van der Waals surface area contributed by atoms with Crippen LogP contribution in [0, 0.1) is 0 Å². The van der Waals surface area contributed by atoms with Crippen molar-refractivity contribution < 1.29 is 4.79 Å². The fraction of sp³-hybridized carbons (Fsp3) is 0.706. The third-order valence-electron chi connectivity index (χ3n) is 4.69. The van der Waals surface area contributed by atoms with Crippen molar-refractivity contribution in [1.82, 2.24) is 20.2 Å². The zero-order valence-corrected chi connectivity index (χ0v) is 15.1. The van der Waals surface area contributed by atoms with Crippen molar-refractivity contribution >= 4 is 23.5 Å². The van der Waals surface area contributed by atoms with E-state index < -0.39 is 0 Å². The normalized spacial score (nSPS) is 20.2. The van der Waals surface area contributed by atoms with E-state index in [1.807, 2.05) is 6.92 Å². The Hall–Kier alpha value is -1.40. The fourth-order valence-electron chi connectivity index (χ4n) is 3.45. The monoisotopic (exact) mass is 351 g/mol. The Kier molecular flexibility index (Phi) is 5.89. The molecule has 132 valence electrons. The van der Waals surface area contributed by atoms with E-state index in [0.29, 0.717) is 11.0 Å². The topological polar surface area (TPSA) is 61.4 Å². The lowest BCUT2D eigenvalue weighted by Crippen LogP contribution is -2.44. The first kappa shape index (κ1) is 17.4. The molecule has 2 saturated heterocycles. The van der Waals surface area contributed by atoms with Gasteiger partial charge in [0.05, 0.1) is 11.2 Å². The Bertz CT molecular complexity index is 570. The summed E-state index contributed by atoms with van der Waals surface area (Å²) >= 11 is 6.16. The van der Waals surface area contributed by atoms with E-state index in [1.165, 1.54) is 25.5 Å². The third-order valence-corrected chi connectivity index (χ3v) is 4.97. The Labute approximate surface area is 148 Å². The number of aromatic nitrogens is 2. The summed E-state index contributed by atoms with van der Waals surface area (Å²) in [5, 5.41) is 3.33. The van der Waals surface area contributed by atoms with E-state index in [1.54, 1.807) is 0 Å². The second-order valence-corrected chi connectivity index (χ2v) is 7.20. The number of hydrogen-bond donors (Lipinski definition) is 1. The molecule has 0 bridgehead atoms. The van der Waals surface area contributed by atoms with Gasteiger partial charge >= 0.3 is 0 Å². The van der Waals surface area contributed by atoms with E-state index in [0.717, 1.165) is 45.6 Å². The number of anilines is 1. The van der Waals surface area contributed by atoms with Crippen LogP contribution in [0.5, 0.6) is 0 Å². The summed E-state index contributed by atoms with van der Waals surface area (Å²) in [4.78, 5) is 25.8. The number of nitrogens with one attached hydrogen (secondary N) is 1. The van der Waals surface area contributed by atoms with Crippen LogP contribution in [0.1, 0.15) is 49.5 Å². The van der Waals surface area contributed by atoms with Gasteiger partial charge in [-0.15, -0.1) is 0 Å². The zero-order valence-electron chi connectivity index (χ0n) is 14.3. The van der Waals surface area contributed by atoms with Crippen LogP contribution in [0.3, 0.4) is 0 Å². The van der Waals surface area contributed by atoms with Gasteiger partial charge in [-0.1, -0.05) is 18.0 Å². The van der Waals surface area contributed by atoms with Gasteiger partial charge in [0.15, 0.2) is 5.69 Å². The van der Waals surface area contributed by atoms with Crippen LogP contribution in [0.4, 0.5) is 5.95 Å². The maximum Gasteiger partial charge on any atom is 0.271 e. The quantitative estimate of drug-likeness (QED) is 0.882. The van der Waals surface area contributed by atoms with Crippen molar-refractivity contribution in [3.8, 4) is 0 Å². The smallest absolute Gasteiger partial charge is 0.271 e. The summed E-state index contributed by atoms with van der Waals surface area (Å²) in [5.74, 6) is 0.387. The minimum Gasteiger partial charge on any atom is -0.347 e. The summed E-state index contributed by atoms with van der Waals surface area (Å²) < 4.78 is 0. The molecular weight excluding hydrogens is 326 g/mol. The van der Waals surface area contributed by atoms with Gasteiger partial charge < -0.3 is 15.1 Å². The Morgan fingerprint density at radius 2 is 1.88 bits per heavy atom. The molecule has 2 aliphatic rings. The van der Waals surface area contributed by atoms with Crippen molar-refractivity contribution in [3.63, 3.8) is 0 Å². The van der Waals surface area contributed by atoms with Crippen LogP contribution in [-0.4, -0.2) is 59.5 Å². The highest BCUT2D eigenvalue weighted by molar-refractivity contribution is 6.33. The van der Waals surface area contributed by atoms with E-state index in [4.69, 9.17) is 11.6 Å². The minimum atomic E-state index is -0.215. The summed E-state index contributed by atoms with van der Waals surface area (Å²) in [6.07, 6.45) is 7.62. The lowest BCUT2D eigenvalue weighted by atomic mass is 10.1. The average molecular weight is 352 g/mol. The van der Waals surface area contributed by atoms with Gasteiger partial charge in [-0.3, -0.25) is 4.79 Å². The van der Waals surface area contributed by atoms with Gasteiger partial charge in [-0.05, 0) is 45.7 Å². The average Bonchev–Trinajstić information content (AvgIpc) is 3.10. The highest BCUT2D eigenvalue weighted by Gasteiger charge is 2.21. The standard InChI is InChI=1S/C17H26ClN5O/c1-13(12-22-7-3-2-4-8-22)20-16(24)15-14(18)11-19-17(21-15)23-9-5-6-10-23/h11,13H,2-10,12H2,1H3,(H,20,24). The van der Waals surface area contributed by atoms with E-state index in [9.17, 15) is 4.79 Å². The first-order valence-electron chi connectivity index (χ1n) is 8.94. The second-order valence-electron chi connectivity index (χ2n) is 6.80. The summed E-state index contributed by atoms with van der Waals surface area (Å²) in [6.45, 7) is 7.01. The van der Waals surface area contributed by atoms with Gasteiger partial charge in [0.2, 0.25) is 5.95 Å². The van der Waals surface area contributed by atoms with Crippen LogP contribution in [0.25, 0.3) is 0 Å². The van der Waals surface area contributed by atoms with Crippen LogP contribution in [-0.2, 0) is 0 Å². The summed E-state index contributed by atoms with van der Waals surface area (Å²) in [7, 11) is 0. The van der Waals surface area contributed by atoms with Crippen LogP contribution in [0.15, 0.2) is 6.20 Å². The van der Waals surface area contributed by atoms with Crippen molar-refractivity contribution in [3.05, 3.63) is 16.9 Å². The molecule has 1 aromatic rings. The highest BCUT2D eigenvalue weighted by atomic mass is 35.5. The molecule has 7 heteroatoms. The number of hydrogen-bond acceptors (Lipinski definition) is 5. The lowest BCUT2D eigenvalue weighted by Gasteiger charge is -2.29. The summed E-state index contributed by atoms with van der Waals surface area (Å²) in [6, 6.07) is 0.0665. The maximum atomic E-state index is 12.6. The molecule has 6 nitrogen and oxygen atoms in total. The van der Waals surface area contributed by atoms with Gasteiger partial charge in [0, 0.05) is 25.7 Å². The maximum absolute atomic E-state index is 12.6. The molecule has 1 atom stereocenters. The number of carbonyl (C=O) groups excluding carboxylic acids is 1. The largest absolute Gasteiger partial charge is 0.347 e. The van der Waals surface area contributed by atoms with Gasteiger partial charge in [-0.2, -0.15) is 0 Å². The molecule has 2 aliphatic heterocycles. The number of amides is 1. The predicted molar refractivity (Wildman–Crippen MR) is 95.7 cm³/mol. The van der Waals surface area contributed by atoms with E-state index in [-0.39, 0.29) is 17.6 Å². The van der Waals surface area contributed by atoms with Gasteiger partial charge in [0.1, 0.15) is 0 Å². The van der Waals surface area contributed by atoms with Gasteiger partial charge in [-0.25, -0.2) is 9.97 Å². The molecular formula is C17H26ClN5O. The lowest BCUT2D eigenvalue weighted by molar-refractivity contribution is 0.0920. The number of piperidine rings is 1. The molecule has 24 heavy (non-hydrogen) atoms. The van der Waals surface area contributed by atoms with Crippen molar-refractivity contribution in [1.29, 1.82) is 0 Å². The van der Waals surface area contributed by atoms with Crippen LogP contribution >= 0.6 is 11.6 Å². The first-order valence-corrected chi connectivity index (χ1v) is 9.32. The highest BCUT2D eigenvalue weighted by Crippen LogP contribution is 2.20. The SMILES string of the molecule is CC(CN1CCCCC1)NC(=O)c1nc(N2CCCC2)ncc1Cl. The molecule has 0 aliphatic carbocycles. The number of carbonyl (C=O) groups is 1. The van der Waals surface area contributed by atoms with E-state index in [2.05, 4.69) is 25.1 Å². The molecule has 1 aromatic heterocycles. The molecule has 0 saturated carbocycles. The van der Waals surface area contributed by atoms with Crippen molar-refractivity contribution in [2.45, 2.75) is 45.1 Å². The molecule has 0 spiro atoms. The second kappa shape index (κ2) is 8.12. The number of nitrogens with zero attached hydrogens (tertiary/aromatic N) is 4. The predicted octanol–water partition coefficient (Wildman–Crippen LogP) is 2.33. The molecule has 0 aromatic carbocycles.